The Labute approximate surface area is 125 Å². The Bertz CT molecular complexity index is 589. The minimum absolute atomic E-state index is 0.309. The van der Waals surface area contributed by atoms with E-state index in [9.17, 15) is 4.79 Å². The van der Waals surface area contributed by atoms with Crippen molar-refractivity contribution in [2.45, 2.75) is 24.7 Å². The van der Waals surface area contributed by atoms with Gasteiger partial charge in [-0.25, -0.2) is 0 Å². The average Bonchev–Trinajstić information content (AvgIpc) is 2.57. The third-order valence-electron chi connectivity index (χ3n) is 4.40. The maximum absolute atomic E-state index is 13.0. The van der Waals surface area contributed by atoms with Crippen molar-refractivity contribution in [3.8, 4) is 0 Å². The molecule has 1 N–H and O–H groups in total. The Morgan fingerprint density at radius 3 is 2.52 bits per heavy atom. The summed E-state index contributed by atoms with van der Waals surface area (Å²) in [5.41, 5.74) is 1.80. The predicted octanol–water partition coefficient (Wildman–Crippen LogP) is 2.51. The molecule has 0 amide bonds. The van der Waals surface area contributed by atoms with Gasteiger partial charge in [0, 0.05) is 18.8 Å². The van der Waals surface area contributed by atoms with Crippen molar-refractivity contribution in [3.63, 3.8) is 0 Å². The number of carbonyl (C=O) groups excluding carboxylic acids is 1. The monoisotopic (exact) mass is 280 g/mol. The van der Waals surface area contributed by atoms with Crippen LogP contribution in [0.4, 0.5) is 0 Å². The van der Waals surface area contributed by atoms with Gasteiger partial charge in [-0.1, -0.05) is 36.4 Å². The summed E-state index contributed by atoms with van der Waals surface area (Å²) in [5, 5.41) is 3.36. The SMILES string of the molecule is O=C(Cc1cccnc1)C1(c2ccccc2)CCNCC1. The molecule has 0 aliphatic carbocycles. The van der Waals surface area contributed by atoms with Crippen LogP contribution in [-0.4, -0.2) is 23.9 Å². The van der Waals surface area contributed by atoms with Crippen molar-refractivity contribution in [1.29, 1.82) is 0 Å². The highest BCUT2D eigenvalue weighted by atomic mass is 16.1. The molecule has 1 aromatic heterocycles. The van der Waals surface area contributed by atoms with Gasteiger partial charge in [-0.15, -0.1) is 0 Å². The summed E-state index contributed by atoms with van der Waals surface area (Å²) < 4.78 is 0. The van der Waals surface area contributed by atoms with E-state index in [2.05, 4.69) is 22.4 Å². The molecule has 0 atom stereocenters. The van der Waals surface area contributed by atoms with Crippen LogP contribution in [0.1, 0.15) is 24.0 Å². The largest absolute Gasteiger partial charge is 0.317 e. The number of Topliss-reactive ketones (excluding diaryl/α,β-unsaturated/α-hetero) is 1. The van der Waals surface area contributed by atoms with Crippen molar-refractivity contribution in [1.82, 2.24) is 10.3 Å². The van der Waals surface area contributed by atoms with Gasteiger partial charge in [-0.2, -0.15) is 0 Å². The Balaban J connectivity index is 1.90. The zero-order valence-electron chi connectivity index (χ0n) is 12.1. The van der Waals surface area contributed by atoms with Gasteiger partial charge in [0.15, 0.2) is 0 Å². The number of rotatable bonds is 4. The molecule has 1 aromatic carbocycles. The van der Waals surface area contributed by atoms with Crippen molar-refractivity contribution in [3.05, 3.63) is 66.0 Å². The van der Waals surface area contributed by atoms with Gasteiger partial charge < -0.3 is 5.32 Å². The molecule has 0 unspecified atom stereocenters. The third kappa shape index (κ3) is 2.88. The fraction of sp³-hybridized carbons (Fsp3) is 0.333. The molecule has 1 aliphatic heterocycles. The van der Waals surface area contributed by atoms with Gasteiger partial charge in [-0.05, 0) is 43.1 Å². The standard InChI is InChI=1S/C18H20N2O/c21-17(13-15-5-4-10-20-14-15)18(8-11-19-12-9-18)16-6-2-1-3-7-16/h1-7,10,14,19H,8-9,11-13H2. The topological polar surface area (TPSA) is 42.0 Å². The van der Waals surface area contributed by atoms with E-state index in [0.717, 1.165) is 37.1 Å². The number of carbonyl (C=O) groups is 1. The summed E-state index contributed by atoms with van der Waals surface area (Å²) in [6.07, 6.45) is 5.73. The van der Waals surface area contributed by atoms with Crippen molar-refractivity contribution < 1.29 is 4.79 Å². The van der Waals surface area contributed by atoms with Crippen LogP contribution in [0.25, 0.3) is 0 Å². The lowest BCUT2D eigenvalue weighted by Gasteiger charge is -2.37. The molecule has 1 saturated heterocycles. The smallest absolute Gasteiger partial charge is 0.147 e. The Kier molecular flexibility index (Phi) is 4.11. The molecule has 2 aromatic rings. The second kappa shape index (κ2) is 6.19. The van der Waals surface area contributed by atoms with Crippen LogP contribution >= 0.6 is 0 Å². The maximum Gasteiger partial charge on any atom is 0.147 e. The first-order valence-electron chi connectivity index (χ1n) is 7.50. The fourth-order valence-corrected chi connectivity index (χ4v) is 3.20. The summed E-state index contributed by atoms with van der Waals surface area (Å²) in [5.74, 6) is 0.309. The number of nitrogens with one attached hydrogen (secondary N) is 1. The first kappa shape index (κ1) is 14.0. The Hall–Kier alpha value is -2.00. The minimum Gasteiger partial charge on any atom is -0.317 e. The average molecular weight is 280 g/mol. The zero-order chi connectivity index (χ0) is 14.5. The fourth-order valence-electron chi connectivity index (χ4n) is 3.20. The van der Waals surface area contributed by atoms with Crippen LogP contribution in [0.3, 0.4) is 0 Å². The summed E-state index contributed by atoms with van der Waals surface area (Å²) in [6, 6.07) is 14.1. The lowest BCUT2D eigenvalue weighted by atomic mass is 9.69. The number of pyridine rings is 1. The van der Waals surface area contributed by atoms with Crippen LogP contribution in [0.15, 0.2) is 54.9 Å². The van der Waals surface area contributed by atoms with Crippen molar-refractivity contribution in [2.24, 2.45) is 0 Å². The molecule has 1 fully saturated rings. The predicted molar refractivity (Wildman–Crippen MR) is 83.2 cm³/mol. The molecule has 0 spiro atoms. The second-order valence-corrected chi connectivity index (χ2v) is 5.66. The van der Waals surface area contributed by atoms with Gasteiger partial charge in [0.05, 0.1) is 5.41 Å². The number of nitrogens with zero attached hydrogens (tertiary/aromatic N) is 1. The number of benzene rings is 1. The highest BCUT2D eigenvalue weighted by Crippen LogP contribution is 2.35. The van der Waals surface area contributed by atoms with Gasteiger partial charge in [0.1, 0.15) is 5.78 Å². The Morgan fingerprint density at radius 1 is 1.10 bits per heavy atom. The van der Waals surface area contributed by atoms with E-state index in [-0.39, 0.29) is 5.41 Å². The van der Waals surface area contributed by atoms with Crippen LogP contribution < -0.4 is 5.32 Å². The van der Waals surface area contributed by atoms with E-state index in [0.29, 0.717) is 12.2 Å². The van der Waals surface area contributed by atoms with E-state index in [1.165, 1.54) is 0 Å². The van der Waals surface area contributed by atoms with E-state index < -0.39 is 0 Å². The third-order valence-corrected chi connectivity index (χ3v) is 4.40. The van der Waals surface area contributed by atoms with Crippen LogP contribution in [-0.2, 0) is 16.6 Å². The highest BCUT2D eigenvalue weighted by molar-refractivity contribution is 5.92. The molecule has 21 heavy (non-hydrogen) atoms. The summed E-state index contributed by atoms with van der Waals surface area (Å²) >= 11 is 0. The molecule has 2 heterocycles. The number of piperidine rings is 1. The van der Waals surface area contributed by atoms with Crippen molar-refractivity contribution >= 4 is 5.78 Å². The van der Waals surface area contributed by atoms with Crippen LogP contribution in [0.2, 0.25) is 0 Å². The lowest BCUT2D eigenvalue weighted by molar-refractivity contribution is -0.125. The summed E-state index contributed by atoms with van der Waals surface area (Å²) in [7, 11) is 0. The normalized spacial score (nSPS) is 17.3. The minimum atomic E-state index is -0.345. The van der Waals surface area contributed by atoms with E-state index in [4.69, 9.17) is 0 Å². The van der Waals surface area contributed by atoms with Gasteiger partial charge in [-0.3, -0.25) is 9.78 Å². The van der Waals surface area contributed by atoms with E-state index in [1.54, 1.807) is 12.4 Å². The molecular formula is C18H20N2O. The summed E-state index contributed by atoms with van der Waals surface area (Å²) in [4.78, 5) is 17.1. The maximum atomic E-state index is 13.0. The summed E-state index contributed by atoms with van der Waals surface area (Å²) in [6.45, 7) is 1.79. The number of hydrogen-bond acceptors (Lipinski definition) is 3. The van der Waals surface area contributed by atoms with Crippen molar-refractivity contribution in [2.75, 3.05) is 13.1 Å². The second-order valence-electron chi connectivity index (χ2n) is 5.66. The molecule has 0 radical (unpaired) electrons. The molecule has 3 nitrogen and oxygen atoms in total. The molecule has 3 rings (SSSR count). The molecule has 108 valence electrons. The molecule has 1 aliphatic rings. The molecule has 3 heteroatoms. The molecule has 0 saturated carbocycles. The molecular weight excluding hydrogens is 260 g/mol. The van der Waals surface area contributed by atoms with Crippen LogP contribution in [0.5, 0.6) is 0 Å². The first-order valence-corrected chi connectivity index (χ1v) is 7.50. The highest BCUT2D eigenvalue weighted by Gasteiger charge is 2.40. The number of ketones is 1. The molecule has 0 bridgehead atoms. The van der Waals surface area contributed by atoms with Gasteiger partial charge >= 0.3 is 0 Å². The van der Waals surface area contributed by atoms with Crippen LogP contribution in [0, 0.1) is 0 Å². The van der Waals surface area contributed by atoms with Gasteiger partial charge in [0.2, 0.25) is 0 Å². The van der Waals surface area contributed by atoms with Gasteiger partial charge in [0.25, 0.3) is 0 Å². The first-order chi connectivity index (χ1) is 10.3. The van der Waals surface area contributed by atoms with E-state index >= 15 is 0 Å². The van der Waals surface area contributed by atoms with E-state index in [1.807, 2.05) is 30.3 Å². The quantitative estimate of drug-likeness (QED) is 0.935. The Morgan fingerprint density at radius 2 is 1.86 bits per heavy atom. The lowest BCUT2D eigenvalue weighted by Crippen LogP contribution is -2.46. The number of hydrogen-bond donors (Lipinski definition) is 1. The number of aromatic nitrogens is 1. The zero-order valence-corrected chi connectivity index (χ0v) is 12.1.